The number of hydrogen-bond donors (Lipinski definition) is 1. The van der Waals surface area contributed by atoms with Crippen LogP contribution in [0.4, 0.5) is 5.82 Å². The van der Waals surface area contributed by atoms with Gasteiger partial charge in [0, 0.05) is 17.5 Å². The lowest BCUT2D eigenvalue weighted by Crippen LogP contribution is -2.47. The molecule has 17 heavy (non-hydrogen) atoms. The Morgan fingerprint density at radius 3 is 2.76 bits per heavy atom. The largest absolute Gasteiger partial charge is 0.363 e. The van der Waals surface area contributed by atoms with Gasteiger partial charge in [0.15, 0.2) is 0 Å². The molecule has 1 aliphatic rings. The third-order valence-electron chi connectivity index (χ3n) is 3.62. The van der Waals surface area contributed by atoms with Gasteiger partial charge in [0.05, 0.1) is 5.54 Å². The van der Waals surface area contributed by atoms with Gasteiger partial charge in [-0.05, 0) is 30.7 Å². The number of anilines is 1. The lowest BCUT2D eigenvalue weighted by molar-refractivity contribution is 0.310. The van der Waals surface area contributed by atoms with Crippen molar-refractivity contribution in [3.05, 3.63) is 36.5 Å². The highest BCUT2D eigenvalue weighted by molar-refractivity contribution is 6.19. The molecular formula is C14H15ClN2. The summed E-state index contributed by atoms with van der Waals surface area (Å²) in [4.78, 5) is 4.45. The van der Waals surface area contributed by atoms with Gasteiger partial charge < -0.3 is 5.32 Å². The van der Waals surface area contributed by atoms with Crippen LogP contribution in [0.1, 0.15) is 19.3 Å². The van der Waals surface area contributed by atoms with Crippen molar-refractivity contribution in [3.63, 3.8) is 0 Å². The molecule has 1 N–H and O–H groups in total. The molecule has 3 heteroatoms. The Balaban J connectivity index is 2.00. The van der Waals surface area contributed by atoms with Crippen LogP contribution in [0, 0.1) is 0 Å². The van der Waals surface area contributed by atoms with Gasteiger partial charge in [0.2, 0.25) is 0 Å². The van der Waals surface area contributed by atoms with E-state index in [0.717, 1.165) is 18.7 Å². The molecule has 1 fully saturated rings. The summed E-state index contributed by atoms with van der Waals surface area (Å²) in [5.74, 6) is 1.61. The summed E-state index contributed by atoms with van der Waals surface area (Å²) in [6.45, 7) is 0. The molecule has 88 valence electrons. The summed E-state index contributed by atoms with van der Waals surface area (Å²) in [5.41, 5.74) is 0.0681. The number of benzene rings is 1. The van der Waals surface area contributed by atoms with E-state index in [2.05, 4.69) is 22.4 Å². The summed E-state index contributed by atoms with van der Waals surface area (Å²) in [6.07, 6.45) is 5.39. The number of aromatic nitrogens is 1. The minimum atomic E-state index is 0.0681. The van der Waals surface area contributed by atoms with Crippen LogP contribution >= 0.6 is 11.6 Å². The van der Waals surface area contributed by atoms with Gasteiger partial charge in [-0.2, -0.15) is 0 Å². The molecule has 1 aromatic heterocycles. The van der Waals surface area contributed by atoms with Crippen LogP contribution in [0.15, 0.2) is 36.5 Å². The fraction of sp³-hybridized carbons (Fsp3) is 0.357. The number of fused-ring (bicyclic) bond motifs is 1. The molecule has 0 amide bonds. The molecular weight excluding hydrogens is 232 g/mol. The predicted molar refractivity (Wildman–Crippen MR) is 72.7 cm³/mol. The van der Waals surface area contributed by atoms with Gasteiger partial charge in [0.25, 0.3) is 0 Å². The SMILES string of the molecule is ClCC1(Nc2nccc3ccccc23)CCC1. The van der Waals surface area contributed by atoms with Crippen LogP contribution < -0.4 is 5.32 Å². The average molecular weight is 247 g/mol. The van der Waals surface area contributed by atoms with E-state index in [4.69, 9.17) is 11.6 Å². The summed E-state index contributed by atoms with van der Waals surface area (Å²) < 4.78 is 0. The molecule has 0 atom stereocenters. The molecule has 1 heterocycles. The maximum Gasteiger partial charge on any atom is 0.134 e. The van der Waals surface area contributed by atoms with E-state index < -0.39 is 0 Å². The zero-order valence-electron chi connectivity index (χ0n) is 9.62. The molecule has 2 nitrogen and oxygen atoms in total. The Bertz CT molecular complexity index is 524. The first kappa shape index (κ1) is 10.8. The van der Waals surface area contributed by atoms with E-state index in [1.54, 1.807) is 0 Å². The van der Waals surface area contributed by atoms with E-state index >= 15 is 0 Å². The summed E-state index contributed by atoms with van der Waals surface area (Å²) in [7, 11) is 0. The smallest absolute Gasteiger partial charge is 0.134 e. The minimum Gasteiger partial charge on any atom is -0.363 e. The quantitative estimate of drug-likeness (QED) is 0.833. The van der Waals surface area contributed by atoms with Gasteiger partial charge in [-0.1, -0.05) is 24.3 Å². The number of nitrogens with zero attached hydrogens (tertiary/aromatic N) is 1. The lowest BCUT2D eigenvalue weighted by Gasteiger charge is -2.41. The molecule has 0 saturated heterocycles. The fourth-order valence-electron chi connectivity index (χ4n) is 2.37. The van der Waals surface area contributed by atoms with E-state index in [9.17, 15) is 0 Å². The van der Waals surface area contributed by atoms with Gasteiger partial charge >= 0.3 is 0 Å². The van der Waals surface area contributed by atoms with Crippen LogP contribution in [-0.4, -0.2) is 16.4 Å². The molecule has 0 spiro atoms. The van der Waals surface area contributed by atoms with Gasteiger partial charge in [-0.25, -0.2) is 4.98 Å². The highest BCUT2D eigenvalue weighted by Crippen LogP contribution is 2.37. The Morgan fingerprint density at radius 2 is 2.06 bits per heavy atom. The van der Waals surface area contributed by atoms with Gasteiger partial charge in [-0.3, -0.25) is 0 Å². The molecule has 1 aromatic carbocycles. The van der Waals surface area contributed by atoms with E-state index in [1.165, 1.54) is 17.2 Å². The van der Waals surface area contributed by atoms with Gasteiger partial charge in [-0.15, -0.1) is 11.6 Å². The monoisotopic (exact) mass is 246 g/mol. The topological polar surface area (TPSA) is 24.9 Å². The second-order valence-electron chi connectivity index (χ2n) is 4.77. The zero-order valence-corrected chi connectivity index (χ0v) is 10.4. The first-order valence-corrected chi connectivity index (χ1v) is 6.54. The molecule has 1 aliphatic carbocycles. The zero-order chi connectivity index (χ0) is 11.7. The number of alkyl halides is 1. The molecule has 0 radical (unpaired) electrons. The van der Waals surface area contributed by atoms with Crippen molar-refractivity contribution in [2.45, 2.75) is 24.8 Å². The third-order valence-corrected chi connectivity index (χ3v) is 4.14. The fourth-order valence-corrected chi connectivity index (χ4v) is 2.70. The molecule has 0 aliphatic heterocycles. The van der Waals surface area contributed by atoms with E-state index in [0.29, 0.717) is 5.88 Å². The number of halogens is 1. The maximum absolute atomic E-state index is 6.07. The van der Waals surface area contributed by atoms with Crippen LogP contribution in [0.2, 0.25) is 0 Å². The predicted octanol–water partition coefficient (Wildman–Crippen LogP) is 3.81. The van der Waals surface area contributed by atoms with Crippen LogP contribution in [0.3, 0.4) is 0 Å². The molecule has 1 saturated carbocycles. The van der Waals surface area contributed by atoms with Crippen molar-refractivity contribution < 1.29 is 0 Å². The normalized spacial score (nSPS) is 17.7. The highest BCUT2D eigenvalue weighted by Gasteiger charge is 2.36. The third kappa shape index (κ3) is 1.87. The first-order valence-electron chi connectivity index (χ1n) is 6.01. The van der Waals surface area contributed by atoms with E-state index in [-0.39, 0.29) is 5.54 Å². The highest BCUT2D eigenvalue weighted by atomic mass is 35.5. The molecule has 2 aromatic rings. The van der Waals surface area contributed by atoms with Crippen molar-refractivity contribution in [1.82, 2.24) is 4.98 Å². The number of rotatable bonds is 3. The summed E-state index contributed by atoms with van der Waals surface area (Å²) >= 11 is 6.07. The van der Waals surface area contributed by atoms with Crippen molar-refractivity contribution in [2.24, 2.45) is 0 Å². The Morgan fingerprint density at radius 1 is 1.24 bits per heavy atom. The van der Waals surface area contributed by atoms with E-state index in [1.807, 2.05) is 24.4 Å². The van der Waals surface area contributed by atoms with Crippen LogP contribution in [0.25, 0.3) is 10.8 Å². The number of nitrogens with one attached hydrogen (secondary N) is 1. The second-order valence-corrected chi connectivity index (χ2v) is 5.04. The Labute approximate surface area is 106 Å². The standard InChI is InChI=1S/C14H15ClN2/c15-10-14(7-3-8-14)17-13-12-5-2-1-4-11(12)6-9-16-13/h1-2,4-6,9H,3,7-8,10H2,(H,16,17). The number of pyridine rings is 1. The van der Waals surface area contributed by atoms with Crippen molar-refractivity contribution >= 4 is 28.2 Å². The maximum atomic E-state index is 6.07. The van der Waals surface area contributed by atoms with Crippen LogP contribution in [0.5, 0.6) is 0 Å². The van der Waals surface area contributed by atoms with Crippen molar-refractivity contribution in [3.8, 4) is 0 Å². The minimum absolute atomic E-state index is 0.0681. The van der Waals surface area contributed by atoms with Crippen LogP contribution in [-0.2, 0) is 0 Å². The Kier molecular flexibility index (Phi) is 2.67. The average Bonchev–Trinajstić information content (AvgIpc) is 2.34. The lowest BCUT2D eigenvalue weighted by atomic mass is 9.78. The second kappa shape index (κ2) is 4.19. The number of hydrogen-bond acceptors (Lipinski definition) is 2. The van der Waals surface area contributed by atoms with Crippen molar-refractivity contribution in [2.75, 3.05) is 11.2 Å². The molecule has 0 unspecified atom stereocenters. The summed E-state index contributed by atoms with van der Waals surface area (Å²) in [6, 6.07) is 10.3. The molecule has 3 rings (SSSR count). The van der Waals surface area contributed by atoms with Crippen molar-refractivity contribution in [1.29, 1.82) is 0 Å². The Hall–Kier alpha value is -1.28. The first-order chi connectivity index (χ1) is 8.33. The van der Waals surface area contributed by atoms with Gasteiger partial charge in [0.1, 0.15) is 5.82 Å². The summed E-state index contributed by atoms with van der Waals surface area (Å²) in [5, 5.41) is 5.93. The molecule has 0 bridgehead atoms.